The van der Waals surface area contributed by atoms with E-state index < -0.39 is 0 Å². The number of nitrogen functional groups attached to an aromatic ring is 1. The van der Waals surface area contributed by atoms with Crippen molar-refractivity contribution in [3.05, 3.63) is 30.6 Å². The standard InChI is InChI=1S/C11H11N5/c1-16-6-7(5-13-16)10-8-3-2-4-9(12)11(8)15-14-10/h2-6H,12H2,1H3,(H,14,15). The van der Waals surface area contributed by atoms with Crippen LogP contribution in [-0.4, -0.2) is 20.0 Å². The smallest absolute Gasteiger partial charge is 0.103 e. The Morgan fingerprint density at radius 2 is 2.25 bits per heavy atom. The number of para-hydroxylation sites is 1. The Morgan fingerprint density at radius 3 is 3.00 bits per heavy atom. The second-order valence-corrected chi connectivity index (χ2v) is 3.74. The average molecular weight is 213 g/mol. The Kier molecular flexibility index (Phi) is 1.73. The minimum atomic E-state index is 0.708. The quantitative estimate of drug-likeness (QED) is 0.602. The number of benzene rings is 1. The van der Waals surface area contributed by atoms with E-state index in [0.717, 1.165) is 22.2 Å². The molecule has 0 radical (unpaired) electrons. The lowest BCUT2D eigenvalue weighted by atomic mass is 10.1. The van der Waals surface area contributed by atoms with Crippen LogP contribution in [0.5, 0.6) is 0 Å². The van der Waals surface area contributed by atoms with Gasteiger partial charge in [-0.3, -0.25) is 9.78 Å². The second-order valence-electron chi connectivity index (χ2n) is 3.74. The molecule has 3 aromatic rings. The summed E-state index contributed by atoms with van der Waals surface area (Å²) in [5, 5.41) is 12.4. The number of aryl methyl sites for hydroxylation is 1. The monoisotopic (exact) mass is 213 g/mol. The summed E-state index contributed by atoms with van der Waals surface area (Å²) in [7, 11) is 1.88. The first-order valence-corrected chi connectivity index (χ1v) is 4.97. The maximum absolute atomic E-state index is 5.86. The Labute approximate surface area is 91.9 Å². The minimum Gasteiger partial charge on any atom is -0.397 e. The summed E-state index contributed by atoms with van der Waals surface area (Å²) in [5.74, 6) is 0. The van der Waals surface area contributed by atoms with E-state index >= 15 is 0 Å². The third kappa shape index (κ3) is 1.18. The molecule has 16 heavy (non-hydrogen) atoms. The molecule has 0 atom stereocenters. The number of nitrogens with one attached hydrogen (secondary N) is 1. The van der Waals surface area contributed by atoms with E-state index in [1.165, 1.54) is 0 Å². The molecule has 0 saturated carbocycles. The summed E-state index contributed by atoms with van der Waals surface area (Å²) in [6.45, 7) is 0. The summed E-state index contributed by atoms with van der Waals surface area (Å²) in [6.07, 6.45) is 3.72. The topological polar surface area (TPSA) is 72.5 Å². The molecule has 80 valence electrons. The van der Waals surface area contributed by atoms with Crippen LogP contribution in [-0.2, 0) is 7.05 Å². The molecule has 5 nitrogen and oxygen atoms in total. The van der Waals surface area contributed by atoms with E-state index in [0.29, 0.717) is 5.69 Å². The Bertz CT molecular complexity index is 649. The van der Waals surface area contributed by atoms with Crippen molar-refractivity contribution >= 4 is 16.6 Å². The summed E-state index contributed by atoms with van der Waals surface area (Å²) >= 11 is 0. The first kappa shape index (κ1) is 8.96. The number of aromatic nitrogens is 4. The van der Waals surface area contributed by atoms with Crippen LogP contribution in [0.3, 0.4) is 0 Å². The van der Waals surface area contributed by atoms with Gasteiger partial charge in [0.25, 0.3) is 0 Å². The fraction of sp³-hybridized carbons (Fsp3) is 0.0909. The van der Waals surface area contributed by atoms with Crippen molar-refractivity contribution < 1.29 is 0 Å². The van der Waals surface area contributed by atoms with Gasteiger partial charge in [-0.15, -0.1) is 0 Å². The third-order valence-corrected chi connectivity index (χ3v) is 2.61. The Hall–Kier alpha value is -2.30. The number of hydrogen-bond acceptors (Lipinski definition) is 3. The summed E-state index contributed by atoms with van der Waals surface area (Å²) < 4.78 is 1.75. The number of anilines is 1. The lowest BCUT2D eigenvalue weighted by Gasteiger charge is -1.95. The van der Waals surface area contributed by atoms with Crippen molar-refractivity contribution in [3.8, 4) is 11.3 Å². The van der Waals surface area contributed by atoms with Crippen molar-refractivity contribution in [2.75, 3.05) is 5.73 Å². The molecule has 0 saturated heterocycles. The highest BCUT2D eigenvalue weighted by molar-refractivity contribution is 5.98. The molecule has 3 rings (SSSR count). The zero-order valence-electron chi connectivity index (χ0n) is 8.81. The number of aromatic amines is 1. The highest BCUT2D eigenvalue weighted by Gasteiger charge is 2.10. The molecule has 0 spiro atoms. The van der Waals surface area contributed by atoms with Gasteiger partial charge in [0.15, 0.2) is 0 Å². The molecular weight excluding hydrogens is 202 g/mol. The largest absolute Gasteiger partial charge is 0.397 e. The summed E-state index contributed by atoms with van der Waals surface area (Å²) in [5.41, 5.74) is 9.32. The number of nitrogens with zero attached hydrogens (tertiary/aromatic N) is 3. The van der Waals surface area contributed by atoms with Gasteiger partial charge in [-0.05, 0) is 6.07 Å². The third-order valence-electron chi connectivity index (χ3n) is 2.61. The lowest BCUT2D eigenvalue weighted by Crippen LogP contribution is -1.85. The fourth-order valence-electron chi connectivity index (χ4n) is 1.83. The molecule has 2 heterocycles. The van der Waals surface area contributed by atoms with Gasteiger partial charge in [-0.2, -0.15) is 10.2 Å². The molecule has 5 heteroatoms. The van der Waals surface area contributed by atoms with Gasteiger partial charge >= 0.3 is 0 Å². The predicted molar refractivity (Wildman–Crippen MR) is 62.7 cm³/mol. The highest BCUT2D eigenvalue weighted by Crippen LogP contribution is 2.28. The van der Waals surface area contributed by atoms with Crippen LogP contribution < -0.4 is 5.73 Å². The van der Waals surface area contributed by atoms with Gasteiger partial charge in [-0.25, -0.2) is 0 Å². The van der Waals surface area contributed by atoms with E-state index in [9.17, 15) is 0 Å². The van der Waals surface area contributed by atoms with Crippen molar-refractivity contribution in [1.29, 1.82) is 0 Å². The van der Waals surface area contributed by atoms with Crippen LogP contribution >= 0.6 is 0 Å². The van der Waals surface area contributed by atoms with Crippen molar-refractivity contribution in [2.45, 2.75) is 0 Å². The van der Waals surface area contributed by atoms with Gasteiger partial charge in [0, 0.05) is 24.2 Å². The minimum absolute atomic E-state index is 0.708. The van der Waals surface area contributed by atoms with Crippen molar-refractivity contribution in [3.63, 3.8) is 0 Å². The SMILES string of the molecule is Cn1cc(-c2n[nH]c3c(N)cccc23)cn1. The van der Waals surface area contributed by atoms with Crippen LogP contribution in [0.1, 0.15) is 0 Å². The van der Waals surface area contributed by atoms with Gasteiger partial charge < -0.3 is 5.73 Å². The van der Waals surface area contributed by atoms with Crippen LogP contribution in [0.15, 0.2) is 30.6 Å². The molecule has 0 aliphatic rings. The zero-order valence-corrected chi connectivity index (χ0v) is 8.81. The van der Waals surface area contributed by atoms with Gasteiger partial charge in [-0.1, -0.05) is 12.1 Å². The second kappa shape index (κ2) is 3.10. The average Bonchev–Trinajstić information content (AvgIpc) is 2.84. The first-order chi connectivity index (χ1) is 7.75. The summed E-state index contributed by atoms with van der Waals surface area (Å²) in [6, 6.07) is 5.78. The van der Waals surface area contributed by atoms with Crippen molar-refractivity contribution in [1.82, 2.24) is 20.0 Å². The van der Waals surface area contributed by atoms with Crippen LogP contribution in [0.25, 0.3) is 22.2 Å². The lowest BCUT2D eigenvalue weighted by molar-refractivity contribution is 0.768. The van der Waals surface area contributed by atoms with Gasteiger partial charge in [0.05, 0.1) is 17.4 Å². The normalized spacial score (nSPS) is 11.1. The van der Waals surface area contributed by atoms with Crippen LogP contribution in [0.2, 0.25) is 0 Å². The Morgan fingerprint density at radius 1 is 1.38 bits per heavy atom. The molecule has 0 amide bonds. The van der Waals surface area contributed by atoms with Crippen LogP contribution in [0, 0.1) is 0 Å². The van der Waals surface area contributed by atoms with Crippen molar-refractivity contribution in [2.24, 2.45) is 7.05 Å². The molecule has 1 aromatic carbocycles. The number of nitrogens with two attached hydrogens (primary N) is 1. The van der Waals surface area contributed by atoms with E-state index in [4.69, 9.17) is 5.73 Å². The summed E-state index contributed by atoms with van der Waals surface area (Å²) in [4.78, 5) is 0. The molecule has 2 aromatic heterocycles. The highest BCUT2D eigenvalue weighted by atomic mass is 15.2. The Balaban J connectivity index is 2.29. The number of H-pyrrole nitrogens is 1. The number of rotatable bonds is 1. The molecule has 0 unspecified atom stereocenters. The molecular formula is C11H11N5. The molecule has 0 fully saturated rings. The number of hydrogen-bond donors (Lipinski definition) is 2. The first-order valence-electron chi connectivity index (χ1n) is 4.97. The molecule has 3 N–H and O–H groups in total. The fourth-order valence-corrected chi connectivity index (χ4v) is 1.83. The molecule has 0 bridgehead atoms. The predicted octanol–water partition coefficient (Wildman–Crippen LogP) is 1.55. The van der Waals surface area contributed by atoms with Crippen LogP contribution in [0.4, 0.5) is 5.69 Å². The maximum atomic E-state index is 5.86. The maximum Gasteiger partial charge on any atom is 0.103 e. The molecule has 0 aliphatic heterocycles. The van der Waals surface area contributed by atoms with E-state index in [1.807, 2.05) is 31.4 Å². The van der Waals surface area contributed by atoms with E-state index in [-0.39, 0.29) is 0 Å². The van der Waals surface area contributed by atoms with Gasteiger partial charge in [0.2, 0.25) is 0 Å². The zero-order chi connectivity index (χ0) is 11.1. The van der Waals surface area contributed by atoms with E-state index in [1.54, 1.807) is 10.9 Å². The van der Waals surface area contributed by atoms with Gasteiger partial charge in [0.1, 0.15) is 5.69 Å². The number of fused-ring (bicyclic) bond motifs is 1. The molecule has 0 aliphatic carbocycles. The van der Waals surface area contributed by atoms with E-state index in [2.05, 4.69) is 15.3 Å².